The molecule has 5 heteroatoms. The second-order valence-electron chi connectivity index (χ2n) is 4.98. The van der Waals surface area contributed by atoms with E-state index >= 15 is 0 Å². The molecule has 2 unspecified atom stereocenters. The van der Waals surface area contributed by atoms with Crippen molar-refractivity contribution in [2.75, 3.05) is 18.1 Å². The summed E-state index contributed by atoms with van der Waals surface area (Å²) in [4.78, 5) is 10.9. The monoisotopic (exact) mass is 306 g/mol. The van der Waals surface area contributed by atoms with Crippen LogP contribution >= 0.6 is 23.4 Å². The molecule has 1 aliphatic heterocycles. The van der Waals surface area contributed by atoms with E-state index < -0.39 is 11.4 Å². The van der Waals surface area contributed by atoms with Crippen LogP contribution in [0, 0.1) is 0 Å². The maximum atomic E-state index is 5.87. The predicted molar refractivity (Wildman–Crippen MR) is 81.3 cm³/mol. The van der Waals surface area contributed by atoms with Gasteiger partial charge >= 0.3 is 0 Å². The Hall–Kier alpha value is -0.0000000000000000694. The lowest BCUT2D eigenvalue weighted by molar-refractivity contribution is -0.501. The SMILES string of the molecule is C/C=C(Cl)\C=C/CSCC1(C)COC(C)(CC)OO1. The summed E-state index contributed by atoms with van der Waals surface area (Å²) in [6.45, 7) is 8.36. The van der Waals surface area contributed by atoms with E-state index in [1.807, 2.05) is 45.9 Å². The summed E-state index contributed by atoms with van der Waals surface area (Å²) >= 11 is 7.63. The average Bonchev–Trinajstić information content (AvgIpc) is 2.42. The molecule has 1 heterocycles. The molecular weight excluding hydrogens is 284 g/mol. The van der Waals surface area contributed by atoms with Gasteiger partial charge in [0.2, 0.25) is 0 Å². The summed E-state index contributed by atoms with van der Waals surface area (Å²) in [5.74, 6) is 1.09. The highest BCUT2D eigenvalue weighted by atomic mass is 35.5. The van der Waals surface area contributed by atoms with Crippen LogP contribution in [0.15, 0.2) is 23.3 Å². The fourth-order valence-corrected chi connectivity index (χ4v) is 2.37. The van der Waals surface area contributed by atoms with Crippen molar-refractivity contribution < 1.29 is 14.5 Å². The third-order valence-electron chi connectivity index (χ3n) is 2.92. The molecular formula is C14H23ClO3S. The second kappa shape index (κ2) is 7.70. The highest BCUT2D eigenvalue weighted by molar-refractivity contribution is 7.99. The first-order chi connectivity index (χ1) is 8.93. The molecule has 0 spiro atoms. The van der Waals surface area contributed by atoms with Crippen molar-refractivity contribution in [2.45, 2.75) is 45.5 Å². The van der Waals surface area contributed by atoms with E-state index in [1.54, 1.807) is 11.8 Å². The minimum Gasteiger partial charge on any atom is -0.344 e. The van der Waals surface area contributed by atoms with Gasteiger partial charge in [0.1, 0.15) is 5.60 Å². The van der Waals surface area contributed by atoms with E-state index in [0.717, 1.165) is 23.0 Å². The third-order valence-corrected chi connectivity index (χ3v) is 4.51. The zero-order chi connectivity index (χ0) is 14.4. The summed E-state index contributed by atoms with van der Waals surface area (Å²) in [6, 6.07) is 0. The maximum absolute atomic E-state index is 5.87. The number of hydrogen-bond acceptors (Lipinski definition) is 4. The fourth-order valence-electron chi connectivity index (χ4n) is 1.37. The summed E-state index contributed by atoms with van der Waals surface area (Å²) in [5.41, 5.74) is -0.391. The first-order valence-corrected chi connectivity index (χ1v) is 8.03. The molecule has 0 amide bonds. The van der Waals surface area contributed by atoms with Crippen LogP contribution in [0.3, 0.4) is 0 Å². The van der Waals surface area contributed by atoms with Crippen LogP contribution in [0.1, 0.15) is 34.1 Å². The second-order valence-corrected chi connectivity index (χ2v) is 6.45. The molecule has 19 heavy (non-hydrogen) atoms. The normalized spacial score (nSPS) is 33.0. The lowest BCUT2D eigenvalue weighted by Gasteiger charge is -2.40. The van der Waals surface area contributed by atoms with Gasteiger partial charge in [0, 0.05) is 23.0 Å². The van der Waals surface area contributed by atoms with Gasteiger partial charge in [-0.25, -0.2) is 9.78 Å². The highest BCUT2D eigenvalue weighted by Crippen LogP contribution is 2.31. The minimum absolute atomic E-state index is 0.391. The van der Waals surface area contributed by atoms with Crippen molar-refractivity contribution in [2.24, 2.45) is 0 Å². The molecule has 0 aromatic heterocycles. The molecule has 0 aliphatic carbocycles. The van der Waals surface area contributed by atoms with Crippen molar-refractivity contribution in [3.05, 3.63) is 23.3 Å². The van der Waals surface area contributed by atoms with Crippen molar-refractivity contribution in [3.63, 3.8) is 0 Å². The molecule has 2 atom stereocenters. The van der Waals surface area contributed by atoms with Crippen molar-refractivity contribution in [1.82, 2.24) is 0 Å². The van der Waals surface area contributed by atoms with Gasteiger partial charge in [-0.1, -0.05) is 30.7 Å². The van der Waals surface area contributed by atoms with Gasteiger partial charge in [-0.05, 0) is 26.8 Å². The van der Waals surface area contributed by atoms with Crippen LogP contribution in [-0.2, 0) is 14.5 Å². The minimum atomic E-state index is -0.608. The molecule has 0 saturated carbocycles. The lowest BCUT2D eigenvalue weighted by Crippen LogP contribution is -2.50. The predicted octanol–water partition coefficient (Wildman–Crippen LogP) is 4.28. The van der Waals surface area contributed by atoms with E-state index in [2.05, 4.69) is 0 Å². The lowest BCUT2D eigenvalue weighted by atomic mass is 10.1. The standard InChI is InChI=1S/C14H23ClO3S/c1-5-12(15)8-7-9-19-11-13(3)10-16-14(4,6-2)18-17-13/h5,7-8H,6,9-11H2,1-4H3/b8-7-,12-5+. The number of allylic oxidation sites excluding steroid dienone is 3. The number of halogens is 1. The molecule has 1 aliphatic rings. The Kier molecular flexibility index (Phi) is 6.91. The van der Waals surface area contributed by atoms with Crippen LogP contribution < -0.4 is 0 Å². The largest absolute Gasteiger partial charge is 0.344 e. The molecule has 1 saturated heterocycles. The molecule has 0 radical (unpaired) electrons. The van der Waals surface area contributed by atoms with Gasteiger partial charge < -0.3 is 4.74 Å². The van der Waals surface area contributed by atoms with Crippen LogP contribution in [0.25, 0.3) is 0 Å². The van der Waals surface area contributed by atoms with E-state index in [1.165, 1.54) is 0 Å². The van der Waals surface area contributed by atoms with Crippen LogP contribution in [0.2, 0.25) is 0 Å². The maximum Gasteiger partial charge on any atom is 0.198 e. The molecule has 0 N–H and O–H groups in total. The Morgan fingerprint density at radius 3 is 2.63 bits per heavy atom. The van der Waals surface area contributed by atoms with Crippen LogP contribution in [0.5, 0.6) is 0 Å². The van der Waals surface area contributed by atoms with E-state index in [4.69, 9.17) is 26.1 Å². The van der Waals surface area contributed by atoms with E-state index in [9.17, 15) is 0 Å². The van der Waals surface area contributed by atoms with Gasteiger partial charge in [0.05, 0.1) is 6.61 Å². The summed E-state index contributed by atoms with van der Waals surface area (Å²) < 4.78 is 5.73. The number of ether oxygens (including phenoxy) is 1. The van der Waals surface area contributed by atoms with Gasteiger partial charge in [0.25, 0.3) is 0 Å². The molecule has 1 rings (SSSR count). The topological polar surface area (TPSA) is 27.7 Å². The van der Waals surface area contributed by atoms with Gasteiger partial charge in [-0.2, -0.15) is 11.8 Å². The highest BCUT2D eigenvalue weighted by Gasteiger charge is 2.40. The number of hydrogen-bond donors (Lipinski definition) is 0. The zero-order valence-electron chi connectivity index (χ0n) is 12.1. The van der Waals surface area contributed by atoms with Gasteiger partial charge in [0.15, 0.2) is 5.79 Å². The van der Waals surface area contributed by atoms with E-state index in [-0.39, 0.29) is 0 Å². The smallest absolute Gasteiger partial charge is 0.198 e. The Bertz CT molecular complexity index is 334. The van der Waals surface area contributed by atoms with Crippen molar-refractivity contribution in [3.8, 4) is 0 Å². The molecule has 0 aromatic rings. The Labute approximate surface area is 125 Å². The number of thioether (sulfide) groups is 1. The summed E-state index contributed by atoms with van der Waals surface area (Å²) in [6.07, 6.45) is 6.57. The summed E-state index contributed by atoms with van der Waals surface area (Å²) in [7, 11) is 0. The van der Waals surface area contributed by atoms with Crippen molar-refractivity contribution >= 4 is 23.4 Å². The van der Waals surface area contributed by atoms with Crippen molar-refractivity contribution in [1.29, 1.82) is 0 Å². The molecule has 0 bridgehead atoms. The fraction of sp³-hybridized carbons (Fsp3) is 0.714. The molecule has 1 fully saturated rings. The molecule has 0 aromatic carbocycles. The van der Waals surface area contributed by atoms with Gasteiger partial charge in [-0.15, -0.1) is 0 Å². The molecule has 110 valence electrons. The van der Waals surface area contributed by atoms with Crippen LogP contribution in [0.4, 0.5) is 0 Å². The summed E-state index contributed by atoms with van der Waals surface area (Å²) in [5, 5.41) is 0.756. The first-order valence-electron chi connectivity index (χ1n) is 6.50. The van der Waals surface area contributed by atoms with Crippen LogP contribution in [-0.4, -0.2) is 29.5 Å². The third kappa shape index (κ3) is 5.88. The Balaban J connectivity index is 2.28. The average molecular weight is 307 g/mol. The molecule has 3 nitrogen and oxygen atoms in total. The number of rotatable bonds is 6. The Morgan fingerprint density at radius 2 is 2.11 bits per heavy atom. The zero-order valence-corrected chi connectivity index (χ0v) is 13.6. The Morgan fingerprint density at radius 1 is 1.37 bits per heavy atom. The van der Waals surface area contributed by atoms with Gasteiger partial charge in [-0.3, -0.25) is 0 Å². The quantitative estimate of drug-likeness (QED) is 0.416. The van der Waals surface area contributed by atoms with E-state index in [0.29, 0.717) is 6.61 Å². The first kappa shape index (κ1) is 17.1.